The number of hydrogen-bond donors (Lipinski definition) is 0. The molecule has 1 nitrogen and oxygen atoms in total. The van der Waals surface area contributed by atoms with E-state index in [1.165, 1.54) is 4.88 Å². The van der Waals surface area contributed by atoms with Crippen molar-refractivity contribution in [2.24, 2.45) is 5.92 Å². The number of halogens is 1. The van der Waals surface area contributed by atoms with Gasteiger partial charge in [0.05, 0.1) is 6.10 Å². The van der Waals surface area contributed by atoms with Gasteiger partial charge in [-0.15, -0.1) is 22.9 Å². The molecule has 0 amide bonds. The van der Waals surface area contributed by atoms with Gasteiger partial charge in [0, 0.05) is 23.3 Å². The Morgan fingerprint density at radius 1 is 1.67 bits per heavy atom. The van der Waals surface area contributed by atoms with Crippen molar-refractivity contribution in [3.8, 4) is 0 Å². The molecular weight excluding hydrogens is 192 g/mol. The van der Waals surface area contributed by atoms with Gasteiger partial charge in [-0.25, -0.2) is 0 Å². The van der Waals surface area contributed by atoms with Gasteiger partial charge in [-0.05, 0) is 17.9 Å². The fourth-order valence-corrected chi connectivity index (χ4v) is 2.74. The highest BCUT2D eigenvalue weighted by atomic mass is 35.5. The molecule has 2 unspecified atom stereocenters. The molecule has 1 aromatic heterocycles. The van der Waals surface area contributed by atoms with E-state index in [4.69, 9.17) is 16.3 Å². The molecule has 3 heteroatoms. The van der Waals surface area contributed by atoms with Crippen LogP contribution in [0.4, 0.5) is 0 Å². The van der Waals surface area contributed by atoms with Gasteiger partial charge in [-0.1, -0.05) is 6.07 Å². The van der Waals surface area contributed by atoms with Crippen molar-refractivity contribution in [2.75, 3.05) is 12.5 Å². The summed E-state index contributed by atoms with van der Waals surface area (Å²) in [5.41, 5.74) is 0. The average molecular weight is 203 g/mol. The maximum absolute atomic E-state index is 5.84. The molecule has 1 saturated heterocycles. The van der Waals surface area contributed by atoms with Crippen molar-refractivity contribution in [3.63, 3.8) is 0 Å². The van der Waals surface area contributed by atoms with Crippen LogP contribution >= 0.6 is 22.9 Å². The van der Waals surface area contributed by atoms with Gasteiger partial charge in [0.1, 0.15) is 0 Å². The third kappa shape index (κ3) is 1.51. The van der Waals surface area contributed by atoms with Crippen molar-refractivity contribution < 1.29 is 4.74 Å². The Balaban J connectivity index is 2.13. The Bertz CT molecular complexity index is 235. The van der Waals surface area contributed by atoms with Crippen LogP contribution in [0.25, 0.3) is 0 Å². The fraction of sp³-hybridized carbons (Fsp3) is 0.556. The first-order valence-corrected chi connectivity index (χ1v) is 5.54. The van der Waals surface area contributed by atoms with Gasteiger partial charge >= 0.3 is 0 Å². The van der Waals surface area contributed by atoms with E-state index in [2.05, 4.69) is 17.5 Å². The van der Waals surface area contributed by atoms with Crippen LogP contribution in [0.3, 0.4) is 0 Å². The predicted octanol–water partition coefficient (Wildman–Crippen LogP) is 3.06. The maximum atomic E-state index is 5.84. The normalized spacial score (nSPS) is 29.4. The monoisotopic (exact) mass is 202 g/mol. The summed E-state index contributed by atoms with van der Waals surface area (Å²) in [6.45, 7) is 0.861. The minimum atomic E-state index is 0.266. The topological polar surface area (TPSA) is 9.23 Å². The summed E-state index contributed by atoms with van der Waals surface area (Å²) in [7, 11) is 0. The van der Waals surface area contributed by atoms with Gasteiger partial charge in [-0.3, -0.25) is 0 Å². The molecule has 1 aromatic rings. The minimum absolute atomic E-state index is 0.266. The molecule has 66 valence electrons. The SMILES string of the molecule is ClCC1CCOC1c1cccs1. The van der Waals surface area contributed by atoms with Crippen molar-refractivity contribution in [2.45, 2.75) is 12.5 Å². The lowest BCUT2D eigenvalue weighted by Crippen LogP contribution is -2.06. The van der Waals surface area contributed by atoms with E-state index in [1.54, 1.807) is 11.3 Å². The van der Waals surface area contributed by atoms with Gasteiger partial charge in [-0.2, -0.15) is 0 Å². The van der Waals surface area contributed by atoms with Gasteiger partial charge < -0.3 is 4.74 Å². The van der Waals surface area contributed by atoms with Crippen molar-refractivity contribution in [3.05, 3.63) is 22.4 Å². The molecule has 1 aliphatic rings. The second kappa shape index (κ2) is 3.77. The number of thiophene rings is 1. The molecule has 0 radical (unpaired) electrons. The van der Waals surface area contributed by atoms with E-state index in [1.807, 2.05) is 0 Å². The third-order valence-electron chi connectivity index (χ3n) is 2.24. The predicted molar refractivity (Wildman–Crippen MR) is 51.8 cm³/mol. The lowest BCUT2D eigenvalue weighted by atomic mass is 10.0. The Labute approximate surface area is 81.3 Å². The highest BCUT2D eigenvalue weighted by Gasteiger charge is 2.29. The Morgan fingerprint density at radius 2 is 2.58 bits per heavy atom. The number of alkyl halides is 1. The van der Waals surface area contributed by atoms with E-state index in [0.29, 0.717) is 11.8 Å². The van der Waals surface area contributed by atoms with Gasteiger partial charge in [0.15, 0.2) is 0 Å². The van der Waals surface area contributed by atoms with Crippen molar-refractivity contribution in [1.82, 2.24) is 0 Å². The molecule has 0 aromatic carbocycles. The van der Waals surface area contributed by atoms with Crippen LogP contribution in [-0.4, -0.2) is 12.5 Å². The van der Waals surface area contributed by atoms with Crippen LogP contribution in [0, 0.1) is 5.92 Å². The maximum Gasteiger partial charge on any atom is 0.0956 e. The molecule has 0 N–H and O–H groups in total. The van der Waals surface area contributed by atoms with Crippen LogP contribution in [0.1, 0.15) is 17.4 Å². The van der Waals surface area contributed by atoms with Crippen LogP contribution in [-0.2, 0) is 4.74 Å². The summed E-state index contributed by atoms with van der Waals surface area (Å²) in [5, 5.41) is 2.09. The highest BCUT2D eigenvalue weighted by molar-refractivity contribution is 7.10. The van der Waals surface area contributed by atoms with Gasteiger partial charge in [0.2, 0.25) is 0 Å². The first kappa shape index (κ1) is 8.54. The Morgan fingerprint density at radius 3 is 3.25 bits per heavy atom. The van der Waals surface area contributed by atoms with E-state index in [-0.39, 0.29) is 6.10 Å². The molecule has 1 aliphatic heterocycles. The molecule has 2 atom stereocenters. The van der Waals surface area contributed by atoms with E-state index in [0.717, 1.165) is 13.0 Å². The standard InChI is InChI=1S/C9H11ClOS/c10-6-7-3-4-11-9(7)8-2-1-5-12-8/h1-2,5,7,9H,3-4,6H2. The molecule has 1 fully saturated rings. The Kier molecular flexibility index (Phi) is 2.69. The summed E-state index contributed by atoms with van der Waals surface area (Å²) >= 11 is 7.60. The second-order valence-electron chi connectivity index (χ2n) is 3.01. The van der Waals surface area contributed by atoms with Crippen molar-refractivity contribution >= 4 is 22.9 Å². The largest absolute Gasteiger partial charge is 0.372 e. The highest BCUT2D eigenvalue weighted by Crippen LogP contribution is 2.37. The van der Waals surface area contributed by atoms with E-state index in [9.17, 15) is 0 Å². The third-order valence-corrected chi connectivity index (χ3v) is 3.57. The lowest BCUT2D eigenvalue weighted by Gasteiger charge is -2.13. The van der Waals surface area contributed by atoms with E-state index >= 15 is 0 Å². The van der Waals surface area contributed by atoms with Crippen LogP contribution in [0.15, 0.2) is 17.5 Å². The smallest absolute Gasteiger partial charge is 0.0956 e. The summed E-state index contributed by atoms with van der Waals surface area (Å²) < 4.78 is 5.63. The van der Waals surface area contributed by atoms with Crippen LogP contribution in [0.2, 0.25) is 0 Å². The second-order valence-corrected chi connectivity index (χ2v) is 4.30. The summed E-state index contributed by atoms with van der Waals surface area (Å²) in [6.07, 6.45) is 1.37. The molecular formula is C9H11ClOS. The lowest BCUT2D eigenvalue weighted by molar-refractivity contribution is 0.0980. The average Bonchev–Trinajstić information content (AvgIpc) is 2.74. The number of rotatable bonds is 2. The quantitative estimate of drug-likeness (QED) is 0.670. The minimum Gasteiger partial charge on any atom is -0.372 e. The van der Waals surface area contributed by atoms with Crippen molar-refractivity contribution in [1.29, 1.82) is 0 Å². The molecule has 0 bridgehead atoms. The summed E-state index contributed by atoms with van der Waals surface area (Å²) in [5.74, 6) is 1.23. The van der Waals surface area contributed by atoms with Gasteiger partial charge in [0.25, 0.3) is 0 Å². The summed E-state index contributed by atoms with van der Waals surface area (Å²) in [4.78, 5) is 1.32. The van der Waals surface area contributed by atoms with E-state index < -0.39 is 0 Å². The first-order valence-electron chi connectivity index (χ1n) is 4.13. The molecule has 0 saturated carbocycles. The summed E-state index contributed by atoms with van der Waals surface area (Å²) in [6, 6.07) is 4.19. The zero-order valence-electron chi connectivity index (χ0n) is 6.70. The molecule has 2 rings (SSSR count). The zero-order chi connectivity index (χ0) is 8.39. The zero-order valence-corrected chi connectivity index (χ0v) is 8.27. The molecule has 0 spiro atoms. The van der Waals surface area contributed by atoms with Crippen LogP contribution in [0.5, 0.6) is 0 Å². The molecule has 0 aliphatic carbocycles. The molecule has 12 heavy (non-hydrogen) atoms. The number of ether oxygens (including phenoxy) is 1. The Hall–Kier alpha value is -0.0500. The number of hydrogen-bond acceptors (Lipinski definition) is 2. The van der Waals surface area contributed by atoms with Crippen LogP contribution < -0.4 is 0 Å². The fourth-order valence-electron chi connectivity index (χ4n) is 1.56. The molecule has 2 heterocycles. The first-order chi connectivity index (χ1) is 5.92.